The number of carboxylic acids is 1. The molecule has 5 nitrogen and oxygen atoms in total. The van der Waals surface area contributed by atoms with Gasteiger partial charge in [-0.05, 0) is 24.8 Å². The maximum Gasteiger partial charge on any atom is 0.303 e. The van der Waals surface area contributed by atoms with Gasteiger partial charge in [-0.15, -0.1) is 11.3 Å². The number of hydrogen-bond donors (Lipinski definition) is 2. The molecule has 0 fully saturated rings. The molecule has 6 heteroatoms. The highest BCUT2D eigenvalue weighted by atomic mass is 32.1. The topological polar surface area (TPSA) is 79.3 Å². The number of aromatic nitrogens is 1. The van der Waals surface area contributed by atoms with Crippen LogP contribution >= 0.6 is 11.3 Å². The van der Waals surface area contributed by atoms with Crippen molar-refractivity contribution in [3.8, 4) is 0 Å². The summed E-state index contributed by atoms with van der Waals surface area (Å²) in [7, 11) is 0. The van der Waals surface area contributed by atoms with Crippen LogP contribution in [0, 0.1) is 0 Å². The number of rotatable bonds is 8. The van der Waals surface area contributed by atoms with Crippen LogP contribution in [0.5, 0.6) is 0 Å². The first-order valence-electron chi connectivity index (χ1n) is 7.59. The van der Waals surface area contributed by atoms with Crippen molar-refractivity contribution < 1.29 is 14.7 Å². The Kier molecular flexibility index (Phi) is 6.29. The van der Waals surface area contributed by atoms with Crippen molar-refractivity contribution in [2.24, 2.45) is 0 Å². The van der Waals surface area contributed by atoms with Crippen molar-refractivity contribution in [1.82, 2.24) is 10.3 Å². The standard InChI is InChI=1S/C17H20N2O3S/c1-2-14-16(23-11-18-14)17(22)19-13(8-9-15(20)21)10-12-6-4-3-5-7-12/h3-7,11,13H,2,8-10H2,1H3,(H,19,22)(H,20,21). The number of aryl methyl sites for hydroxylation is 1. The van der Waals surface area contributed by atoms with Gasteiger partial charge in [0.2, 0.25) is 0 Å². The molecule has 0 spiro atoms. The molecule has 1 unspecified atom stereocenters. The van der Waals surface area contributed by atoms with Gasteiger partial charge < -0.3 is 10.4 Å². The highest BCUT2D eigenvalue weighted by Gasteiger charge is 2.19. The van der Waals surface area contributed by atoms with Gasteiger partial charge >= 0.3 is 5.97 Å². The molecule has 0 aliphatic rings. The Labute approximate surface area is 139 Å². The monoisotopic (exact) mass is 332 g/mol. The first-order chi connectivity index (χ1) is 11.1. The van der Waals surface area contributed by atoms with Crippen LogP contribution in [-0.4, -0.2) is 28.0 Å². The second kappa shape index (κ2) is 8.43. The van der Waals surface area contributed by atoms with Crippen molar-refractivity contribution in [2.75, 3.05) is 0 Å². The third-order valence-corrected chi connectivity index (χ3v) is 4.42. The molecular weight excluding hydrogens is 312 g/mol. The van der Waals surface area contributed by atoms with Gasteiger partial charge in [-0.25, -0.2) is 4.98 Å². The Bertz CT molecular complexity index is 655. The van der Waals surface area contributed by atoms with E-state index >= 15 is 0 Å². The minimum atomic E-state index is -0.857. The summed E-state index contributed by atoms with van der Waals surface area (Å²) in [5.41, 5.74) is 3.52. The Morgan fingerprint density at radius 2 is 2.04 bits per heavy atom. The lowest BCUT2D eigenvalue weighted by Gasteiger charge is -2.18. The van der Waals surface area contributed by atoms with Crippen LogP contribution in [-0.2, 0) is 17.6 Å². The highest BCUT2D eigenvalue weighted by molar-refractivity contribution is 7.11. The van der Waals surface area contributed by atoms with Crippen LogP contribution in [0.25, 0.3) is 0 Å². The highest BCUT2D eigenvalue weighted by Crippen LogP contribution is 2.15. The quantitative estimate of drug-likeness (QED) is 0.779. The van der Waals surface area contributed by atoms with Crippen molar-refractivity contribution in [3.63, 3.8) is 0 Å². The summed E-state index contributed by atoms with van der Waals surface area (Å²) < 4.78 is 0. The molecule has 2 rings (SSSR count). The van der Waals surface area contributed by atoms with E-state index in [2.05, 4.69) is 10.3 Å². The number of hydrogen-bond acceptors (Lipinski definition) is 4. The summed E-state index contributed by atoms with van der Waals surface area (Å²) in [6.07, 6.45) is 1.74. The summed E-state index contributed by atoms with van der Waals surface area (Å²) in [5.74, 6) is -1.03. The zero-order valence-corrected chi connectivity index (χ0v) is 13.8. The number of nitrogens with one attached hydrogen (secondary N) is 1. The Morgan fingerprint density at radius 3 is 2.70 bits per heavy atom. The molecule has 0 saturated carbocycles. The van der Waals surface area contributed by atoms with Gasteiger partial charge in [-0.2, -0.15) is 0 Å². The number of carbonyl (C=O) groups excluding carboxylic acids is 1. The van der Waals surface area contributed by atoms with Crippen LogP contribution < -0.4 is 5.32 Å². The molecule has 1 heterocycles. The maximum atomic E-state index is 12.4. The lowest BCUT2D eigenvalue weighted by atomic mass is 10.0. The minimum Gasteiger partial charge on any atom is -0.481 e. The zero-order valence-electron chi connectivity index (χ0n) is 13.0. The number of nitrogens with zero attached hydrogens (tertiary/aromatic N) is 1. The first-order valence-corrected chi connectivity index (χ1v) is 8.47. The van der Waals surface area contributed by atoms with Gasteiger partial charge in [-0.1, -0.05) is 37.3 Å². The average Bonchev–Trinajstić information content (AvgIpc) is 3.02. The molecular formula is C17H20N2O3S. The maximum absolute atomic E-state index is 12.4. The molecule has 23 heavy (non-hydrogen) atoms. The van der Waals surface area contributed by atoms with Crippen molar-refractivity contribution >= 4 is 23.2 Å². The third-order valence-electron chi connectivity index (χ3n) is 3.55. The van der Waals surface area contributed by atoms with E-state index in [0.29, 0.717) is 24.1 Å². The number of benzene rings is 1. The molecule has 1 atom stereocenters. The van der Waals surface area contributed by atoms with Crippen LogP contribution in [0.1, 0.15) is 40.7 Å². The van der Waals surface area contributed by atoms with Crippen LogP contribution in [0.15, 0.2) is 35.8 Å². The number of aliphatic carboxylic acids is 1. The van der Waals surface area contributed by atoms with Crippen LogP contribution in [0.4, 0.5) is 0 Å². The van der Waals surface area contributed by atoms with E-state index in [0.717, 1.165) is 11.3 Å². The predicted octanol–water partition coefficient (Wildman–Crippen LogP) is 2.91. The summed E-state index contributed by atoms with van der Waals surface area (Å²) >= 11 is 1.32. The van der Waals surface area contributed by atoms with Gasteiger partial charge in [0.1, 0.15) is 4.88 Å². The van der Waals surface area contributed by atoms with E-state index < -0.39 is 5.97 Å². The van der Waals surface area contributed by atoms with E-state index in [1.165, 1.54) is 11.3 Å². The van der Waals surface area contributed by atoms with Crippen LogP contribution in [0.3, 0.4) is 0 Å². The summed E-state index contributed by atoms with van der Waals surface area (Å²) in [6.45, 7) is 1.96. The first kappa shape index (κ1) is 17.1. The summed E-state index contributed by atoms with van der Waals surface area (Å²) in [4.78, 5) is 28.1. The minimum absolute atomic E-state index is 0.0289. The molecule has 122 valence electrons. The molecule has 1 amide bonds. The molecule has 2 aromatic rings. The molecule has 2 N–H and O–H groups in total. The van der Waals surface area contributed by atoms with Gasteiger partial charge in [0.05, 0.1) is 11.2 Å². The lowest BCUT2D eigenvalue weighted by molar-refractivity contribution is -0.137. The van der Waals surface area contributed by atoms with E-state index in [1.54, 1.807) is 5.51 Å². The lowest BCUT2D eigenvalue weighted by Crippen LogP contribution is -2.37. The average molecular weight is 332 g/mol. The Balaban J connectivity index is 2.07. The second-order valence-corrected chi connectivity index (χ2v) is 6.13. The Morgan fingerprint density at radius 1 is 1.30 bits per heavy atom. The SMILES string of the molecule is CCc1ncsc1C(=O)NC(CCC(=O)O)Cc1ccccc1. The number of carboxylic acid groups (broad SMARTS) is 1. The van der Waals surface area contributed by atoms with Gasteiger partial charge in [0.25, 0.3) is 5.91 Å². The van der Waals surface area contributed by atoms with E-state index in [9.17, 15) is 9.59 Å². The summed E-state index contributed by atoms with van der Waals surface area (Å²) in [6, 6.07) is 9.54. The Hall–Kier alpha value is -2.21. The van der Waals surface area contributed by atoms with Crippen molar-refractivity contribution in [2.45, 2.75) is 38.6 Å². The second-order valence-electron chi connectivity index (χ2n) is 5.27. The number of amides is 1. The predicted molar refractivity (Wildman–Crippen MR) is 89.8 cm³/mol. The number of carbonyl (C=O) groups is 2. The molecule has 1 aromatic heterocycles. The van der Waals surface area contributed by atoms with E-state index in [4.69, 9.17) is 5.11 Å². The van der Waals surface area contributed by atoms with Gasteiger partial charge in [-0.3, -0.25) is 9.59 Å². The van der Waals surface area contributed by atoms with Crippen LogP contribution in [0.2, 0.25) is 0 Å². The summed E-state index contributed by atoms with van der Waals surface area (Å²) in [5, 5.41) is 11.9. The van der Waals surface area contributed by atoms with Gasteiger partial charge in [0, 0.05) is 12.5 Å². The van der Waals surface area contributed by atoms with Crippen molar-refractivity contribution in [1.29, 1.82) is 0 Å². The molecule has 1 aromatic carbocycles. The fourth-order valence-electron chi connectivity index (χ4n) is 2.38. The molecule has 0 bridgehead atoms. The van der Waals surface area contributed by atoms with E-state index in [1.807, 2.05) is 37.3 Å². The fourth-order valence-corrected chi connectivity index (χ4v) is 3.16. The molecule has 0 saturated heterocycles. The normalized spacial score (nSPS) is 11.9. The largest absolute Gasteiger partial charge is 0.481 e. The molecule has 0 radical (unpaired) electrons. The zero-order chi connectivity index (χ0) is 16.7. The molecule has 0 aliphatic carbocycles. The van der Waals surface area contributed by atoms with Gasteiger partial charge in [0.15, 0.2) is 0 Å². The number of thiazole rings is 1. The molecule has 0 aliphatic heterocycles. The smallest absolute Gasteiger partial charge is 0.303 e. The fraction of sp³-hybridized carbons (Fsp3) is 0.353. The van der Waals surface area contributed by atoms with Crippen molar-refractivity contribution in [3.05, 3.63) is 52.0 Å². The third kappa shape index (κ3) is 5.17. The van der Waals surface area contributed by atoms with E-state index in [-0.39, 0.29) is 18.4 Å².